The zero-order chi connectivity index (χ0) is 34.2. The van der Waals surface area contributed by atoms with Crippen LogP contribution in [0.3, 0.4) is 0 Å². The molecule has 0 aromatic heterocycles. The molecule has 0 amide bonds. The molecule has 2 aromatic rings. The van der Waals surface area contributed by atoms with E-state index in [1.165, 1.54) is 13.5 Å². The molecule has 49 heavy (non-hydrogen) atoms. The Bertz CT molecular complexity index is 1570. The smallest absolute Gasteiger partial charge is 0.305 e. The maximum atomic E-state index is 15.0. The maximum Gasteiger partial charge on any atom is 0.305 e. The number of methoxy groups -OCH3 is 2. The number of hydrogen-bond acceptors (Lipinski definition) is 8. The molecule has 0 spiro atoms. The van der Waals surface area contributed by atoms with Gasteiger partial charge >= 0.3 is 5.97 Å². The number of esters is 1. The molecular formula is C39H54FN3O5S. The fourth-order valence-electron chi connectivity index (χ4n) is 10.0. The summed E-state index contributed by atoms with van der Waals surface area (Å²) in [5.41, 5.74) is 1.96. The highest BCUT2D eigenvalue weighted by Crippen LogP contribution is 2.54. The minimum absolute atomic E-state index is 0.00862. The van der Waals surface area contributed by atoms with Crippen LogP contribution in [0.2, 0.25) is 0 Å². The molecule has 3 atom stereocenters. The van der Waals surface area contributed by atoms with Crippen LogP contribution in [-0.4, -0.2) is 103 Å². The van der Waals surface area contributed by atoms with Crippen LogP contribution < -0.4 is 4.90 Å². The van der Waals surface area contributed by atoms with Gasteiger partial charge in [-0.15, -0.1) is 0 Å². The van der Waals surface area contributed by atoms with Crippen molar-refractivity contribution >= 4 is 21.5 Å². The first-order chi connectivity index (χ1) is 23.7. The molecule has 10 heteroatoms. The normalized spacial score (nSPS) is 26.1. The van der Waals surface area contributed by atoms with Crippen LogP contribution in [0.15, 0.2) is 53.4 Å². The second-order valence-electron chi connectivity index (χ2n) is 15.8. The third kappa shape index (κ3) is 7.04. The topological polar surface area (TPSA) is 79.4 Å². The summed E-state index contributed by atoms with van der Waals surface area (Å²) in [5, 5.41) is -0.199. The average Bonchev–Trinajstić information content (AvgIpc) is 3.84. The Kier molecular flexibility index (Phi) is 10.1. The van der Waals surface area contributed by atoms with Crippen molar-refractivity contribution in [2.75, 3.05) is 78.1 Å². The van der Waals surface area contributed by atoms with Crippen molar-refractivity contribution < 1.29 is 27.1 Å². The highest BCUT2D eigenvalue weighted by atomic mass is 32.2. The number of carbonyl (C=O) groups is 1. The van der Waals surface area contributed by atoms with Gasteiger partial charge in [0.05, 0.1) is 23.9 Å². The fourth-order valence-corrected chi connectivity index (χ4v) is 11.7. The predicted octanol–water partition coefficient (Wildman–Crippen LogP) is 5.55. The fraction of sp³-hybridized carbons (Fsp3) is 0.667. The molecule has 2 aromatic carbocycles. The van der Waals surface area contributed by atoms with Crippen LogP contribution in [0.1, 0.15) is 63.4 Å². The van der Waals surface area contributed by atoms with Gasteiger partial charge in [-0.25, -0.2) is 12.8 Å². The van der Waals surface area contributed by atoms with E-state index in [1.807, 2.05) is 18.2 Å². The number of nitrogens with zero attached hydrogens (tertiary/aromatic N) is 3. The molecule has 0 bridgehead atoms. The monoisotopic (exact) mass is 695 g/mol. The summed E-state index contributed by atoms with van der Waals surface area (Å²) >= 11 is 0. The molecule has 5 fully saturated rings. The van der Waals surface area contributed by atoms with E-state index in [0.717, 1.165) is 109 Å². The quantitative estimate of drug-likeness (QED) is 0.238. The van der Waals surface area contributed by atoms with Crippen molar-refractivity contribution in [2.24, 2.45) is 23.2 Å². The van der Waals surface area contributed by atoms with Gasteiger partial charge in [0.15, 0.2) is 9.84 Å². The van der Waals surface area contributed by atoms with E-state index in [-0.39, 0.29) is 33.8 Å². The first kappa shape index (κ1) is 34.9. The number of sulfone groups is 1. The first-order valence-electron chi connectivity index (χ1n) is 18.5. The maximum absolute atomic E-state index is 15.0. The minimum atomic E-state index is -3.19. The predicted molar refractivity (Wildman–Crippen MR) is 189 cm³/mol. The van der Waals surface area contributed by atoms with Gasteiger partial charge in [-0.3, -0.25) is 4.79 Å². The van der Waals surface area contributed by atoms with Crippen molar-refractivity contribution in [1.29, 1.82) is 0 Å². The number of halogens is 1. The van der Waals surface area contributed by atoms with Crippen LogP contribution in [0.4, 0.5) is 10.1 Å². The van der Waals surface area contributed by atoms with E-state index in [0.29, 0.717) is 29.8 Å². The van der Waals surface area contributed by atoms with Crippen molar-refractivity contribution in [1.82, 2.24) is 9.80 Å². The Morgan fingerprint density at radius 1 is 0.918 bits per heavy atom. The number of benzene rings is 2. The lowest BCUT2D eigenvalue weighted by molar-refractivity contribution is -0.142. The highest BCUT2D eigenvalue weighted by Gasteiger charge is 2.53. The number of carbonyl (C=O) groups excluding carboxylic acids is 1. The van der Waals surface area contributed by atoms with Gasteiger partial charge in [0.1, 0.15) is 5.82 Å². The Hall–Kier alpha value is -2.53. The number of piperidine rings is 1. The van der Waals surface area contributed by atoms with Crippen molar-refractivity contribution in [2.45, 2.75) is 73.3 Å². The molecule has 268 valence electrons. The van der Waals surface area contributed by atoms with Gasteiger partial charge in [-0.2, -0.15) is 0 Å². The van der Waals surface area contributed by atoms with E-state index < -0.39 is 9.84 Å². The third-order valence-corrected chi connectivity index (χ3v) is 14.9. The molecule has 3 heterocycles. The first-order valence-corrected chi connectivity index (χ1v) is 20.1. The second kappa shape index (κ2) is 14.2. The molecule has 0 radical (unpaired) electrons. The summed E-state index contributed by atoms with van der Waals surface area (Å²) in [6, 6.07) is 14.9. The summed E-state index contributed by atoms with van der Waals surface area (Å²) in [4.78, 5) is 20.6. The molecule has 8 nitrogen and oxygen atoms in total. The number of hydrogen-bond donors (Lipinski definition) is 0. The van der Waals surface area contributed by atoms with E-state index in [9.17, 15) is 13.2 Å². The molecule has 3 aliphatic heterocycles. The van der Waals surface area contributed by atoms with E-state index in [4.69, 9.17) is 9.47 Å². The Balaban J connectivity index is 1.07. The lowest BCUT2D eigenvalue weighted by Crippen LogP contribution is -2.64. The van der Waals surface area contributed by atoms with Gasteiger partial charge in [0.25, 0.3) is 0 Å². The Morgan fingerprint density at radius 2 is 1.65 bits per heavy atom. The summed E-state index contributed by atoms with van der Waals surface area (Å²) < 4.78 is 51.4. The second-order valence-corrected chi connectivity index (χ2v) is 18.1. The van der Waals surface area contributed by atoms with Crippen molar-refractivity contribution in [3.05, 3.63) is 59.9 Å². The zero-order valence-electron chi connectivity index (χ0n) is 29.3. The van der Waals surface area contributed by atoms with Gasteiger partial charge < -0.3 is 24.2 Å². The van der Waals surface area contributed by atoms with Crippen LogP contribution in [0.25, 0.3) is 0 Å². The van der Waals surface area contributed by atoms with E-state index >= 15 is 4.39 Å². The SMILES string of the molecule is COCC1(CN2CCC([C@@](CN3CCC3)(c3cccc(F)c3)[C@H]3CCC[C@@H]3CC(=O)OC)CC2)CN(c2ccc(S(=O)(=O)C3CC3)cc2)C1. The molecule has 7 rings (SSSR count). The molecule has 2 aliphatic carbocycles. The Labute approximate surface area is 292 Å². The zero-order valence-corrected chi connectivity index (χ0v) is 30.1. The van der Waals surface area contributed by atoms with Gasteiger partial charge in [0, 0.05) is 56.2 Å². The number of anilines is 1. The molecule has 2 saturated carbocycles. The third-order valence-electron chi connectivity index (χ3n) is 12.6. The summed E-state index contributed by atoms with van der Waals surface area (Å²) in [6.07, 6.45) is 8.43. The summed E-state index contributed by atoms with van der Waals surface area (Å²) in [6.45, 7) is 8.42. The lowest BCUT2D eigenvalue weighted by atomic mass is 9.56. The summed E-state index contributed by atoms with van der Waals surface area (Å²) in [7, 11) is 0.0750. The average molecular weight is 696 g/mol. The molecule has 0 N–H and O–H groups in total. The summed E-state index contributed by atoms with van der Waals surface area (Å²) in [5.74, 6) is 0.609. The Morgan fingerprint density at radius 3 is 2.27 bits per heavy atom. The van der Waals surface area contributed by atoms with Crippen LogP contribution in [0, 0.1) is 29.0 Å². The van der Waals surface area contributed by atoms with E-state index in [1.54, 1.807) is 31.4 Å². The molecule has 0 unspecified atom stereocenters. The number of rotatable bonds is 14. The van der Waals surface area contributed by atoms with Crippen LogP contribution in [0.5, 0.6) is 0 Å². The van der Waals surface area contributed by atoms with Gasteiger partial charge in [-0.1, -0.05) is 18.6 Å². The highest BCUT2D eigenvalue weighted by molar-refractivity contribution is 7.92. The molecule has 3 saturated heterocycles. The molecule has 5 aliphatic rings. The van der Waals surface area contributed by atoms with E-state index in [2.05, 4.69) is 20.8 Å². The van der Waals surface area contributed by atoms with Crippen molar-refractivity contribution in [3.63, 3.8) is 0 Å². The van der Waals surface area contributed by atoms with Crippen molar-refractivity contribution in [3.8, 4) is 0 Å². The van der Waals surface area contributed by atoms with Crippen LogP contribution >= 0.6 is 0 Å². The number of ether oxygens (including phenoxy) is 2. The number of likely N-dealkylation sites (tertiary alicyclic amines) is 2. The van der Waals surface area contributed by atoms with Gasteiger partial charge in [-0.05, 0) is 131 Å². The van der Waals surface area contributed by atoms with Gasteiger partial charge in [0.2, 0.25) is 0 Å². The minimum Gasteiger partial charge on any atom is -0.469 e. The van der Waals surface area contributed by atoms with Crippen LogP contribution in [-0.2, 0) is 29.5 Å². The molecular weight excluding hydrogens is 642 g/mol. The largest absolute Gasteiger partial charge is 0.469 e. The lowest BCUT2D eigenvalue weighted by Gasteiger charge is -2.56. The standard InChI is InChI=1S/C39H54FN3O5S/c1-47-28-38(25-43(26-38)33-10-12-34(13-11-33)49(45,46)35-14-15-35)24-42-20-16-30(17-21-42)39(27-41-18-5-19-41,31-7-4-8-32(40)23-31)36-9-3-6-29(36)22-37(44)48-2/h4,7-8,10-13,23,29-30,35-36H,3,5-6,9,14-22,24-28H2,1-2H3/t29-,36+,39+/m1/s1.